The number of hydrogen-bond acceptors (Lipinski definition) is 4. The molecule has 108 valence electrons. The van der Waals surface area contributed by atoms with Crippen LogP contribution in [-0.2, 0) is 18.3 Å². The summed E-state index contributed by atoms with van der Waals surface area (Å²) in [6.07, 6.45) is 2.12. The molecule has 0 atom stereocenters. The Labute approximate surface area is 115 Å². The highest BCUT2D eigenvalue weighted by atomic mass is 16.5. The molecule has 19 heavy (non-hydrogen) atoms. The van der Waals surface area contributed by atoms with Gasteiger partial charge in [-0.1, -0.05) is 13.8 Å². The number of aromatic nitrogens is 2. The van der Waals surface area contributed by atoms with Crippen molar-refractivity contribution in [1.82, 2.24) is 20.0 Å². The van der Waals surface area contributed by atoms with E-state index in [1.54, 1.807) is 0 Å². The van der Waals surface area contributed by atoms with Crippen LogP contribution in [0.1, 0.15) is 31.0 Å². The molecule has 2 rings (SSSR count). The maximum absolute atomic E-state index is 5.35. The van der Waals surface area contributed by atoms with Crippen LogP contribution in [0.2, 0.25) is 0 Å². The molecule has 5 nitrogen and oxygen atoms in total. The molecule has 0 unspecified atom stereocenters. The van der Waals surface area contributed by atoms with Gasteiger partial charge in [0.25, 0.3) is 0 Å². The Morgan fingerprint density at radius 3 is 2.79 bits per heavy atom. The van der Waals surface area contributed by atoms with E-state index in [1.165, 1.54) is 11.3 Å². The van der Waals surface area contributed by atoms with Crippen LogP contribution in [0, 0.1) is 0 Å². The van der Waals surface area contributed by atoms with E-state index in [0.717, 1.165) is 45.9 Å². The molecule has 0 amide bonds. The second kappa shape index (κ2) is 7.03. The molecular weight excluding hydrogens is 240 g/mol. The lowest BCUT2D eigenvalue weighted by Gasteiger charge is -2.26. The summed E-state index contributed by atoms with van der Waals surface area (Å²) < 4.78 is 7.26. The standard InChI is InChI=1S/C14H26N4O/c1-12(2)14-13(11-17(3)16-14)10-15-4-5-18-6-8-19-9-7-18/h11-12,15H,4-10H2,1-3H3. The number of hydrogen-bond donors (Lipinski definition) is 1. The molecule has 2 heterocycles. The summed E-state index contributed by atoms with van der Waals surface area (Å²) in [7, 11) is 1.99. The highest BCUT2D eigenvalue weighted by Gasteiger charge is 2.12. The van der Waals surface area contributed by atoms with Gasteiger partial charge in [0.15, 0.2) is 0 Å². The fourth-order valence-electron chi connectivity index (χ4n) is 2.46. The van der Waals surface area contributed by atoms with E-state index >= 15 is 0 Å². The average molecular weight is 266 g/mol. The van der Waals surface area contributed by atoms with Gasteiger partial charge in [-0.25, -0.2) is 0 Å². The van der Waals surface area contributed by atoms with Crippen molar-refractivity contribution in [1.29, 1.82) is 0 Å². The second-order valence-electron chi connectivity index (χ2n) is 5.50. The van der Waals surface area contributed by atoms with Crippen LogP contribution in [0.3, 0.4) is 0 Å². The van der Waals surface area contributed by atoms with Gasteiger partial charge in [0.1, 0.15) is 0 Å². The largest absolute Gasteiger partial charge is 0.379 e. The molecule has 0 bridgehead atoms. The molecule has 1 aliphatic heterocycles. The van der Waals surface area contributed by atoms with E-state index < -0.39 is 0 Å². The van der Waals surface area contributed by atoms with Crippen molar-refractivity contribution in [2.75, 3.05) is 39.4 Å². The molecule has 0 aliphatic carbocycles. The fourth-order valence-corrected chi connectivity index (χ4v) is 2.46. The maximum Gasteiger partial charge on any atom is 0.0694 e. The van der Waals surface area contributed by atoms with Crippen molar-refractivity contribution in [2.45, 2.75) is 26.3 Å². The molecule has 1 aliphatic rings. The highest BCUT2D eigenvalue weighted by molar-refractivity contribution is 5.19. The molecule has 0 spiro atoms. The van der Waals surface area contributed by atoms with Crippen molar-refractivity contribution in [3.63, 3.8) is 0 Å². The third-order valence-electron chi connectivity index (χ3n) is 3.51. The number of aryl methyl sites for hydroxylation is 1. The van der Waals surface area contributed by atoms with Crippen LogP contribution >= 0.6 is 0 Å². The van der Waals surface area contributed by atoms with E-state index in [1.807, 2.05) is 11.7 Å². The Bertz CT molecular complexity index is 383. The zero-order chi connectivity index (χ0) is 13.7. The molecule has 1 aromatic heterocycles. The Morgan fingerprint density at radius 1 is 1.37 bits per heavy atom. The van der Waals surface area contributed by atoms with Gasteiger partial charge >= 0.3 is 0 Å². The Balaban J connectivity index is 1.73. The number of nitrogens with one attached hydrogen (secondary N) is 1. The van der Waals surface area contributed by atoms with E-state index in [2.05, 4.69) is 35.4 Å². The minimum atomic E-state index is 0.484. The van der Waals surface area contributed by atoms with Gasteiger partial charge in [0.2, 0.25) is 0 Å². The van der Waals surface area contributed by atoms with Crippen molar-refractivity contribution in [3.8, 4) is 0 Å². The van der Waals surface area contributed by atoms with Gasteiger partial charge in [-0.15, -0.1) is 0 Å². The van der Waals surface area contributed by atoms with Crippen LogP contribution in [-0.4, -0.2) is 54.1 Å². The van der Waals surface area contributed by atoms with E-state index in [9.17, 15) is 0 Å². The zero-order valence-corrected chi connectivity index (χ0v) is 12.4. The van der Waals surface area contributed by atoms with Crippen molar-refractivity contribution in [2.24, 2.45) is 7.05 Å². The molecule has 1 aromatic rings. The Morgan fingerprint density at radius 2 is 2.11 bits per heavy atom. The minimum absolute atomic E-state index is 0.484. The summed E-state index contributed by atoms with van der Waals surface area (Å²) in [4.78, 5) is 2.45. The summed E-state index contributed by atoms with van der Waals surface area (Å²) in [6, 6.07) is 0. The summed E-state index contributed by atoms with van der Waals surface area (Å²) >= 11 is 0. The summed E-state index contributed by atoms with van der Waals surface area (Å²) in [5.41, 5.74) is 2.53. The first kappa shape index (κ1) is 14.5. The van der Waals surface area contributed by atoms with Crippen LogP contribution in [0.4, 0.5) is 0 Å². The number of morpholine rings is 1. The van der Waals surface area contributed by atoms with E-state index in [0.29, 0.717) is 5.92 Å². The first-order chi connectivity index (χ1) is 9.16. The first-order valence-electron chi connectivity index (χ1n) is 7.20. The van der Waals surface area contributed by atoms with Gasteiger partial charge in [0.05, 0.1) is 18.9 Å². The topological polar surface area (TPSA) is 42.3 Å². The smallest absolute Gasteiger partial charge is 0.0694 e. The van der Waals surface area contributed by atoms with Gasteiger partial charge in [0, 0.05) is 51.5 Å². The Hall–Kier alpha value is -0.910. The molecular formula is C14H26N4O. The van der Waals surface area contributed by atoms with Gasteiger partial charge in [-0.3, -0.25) is 9.58 Å². The van der Waals surface area contributed by atoms with E-state index in [4.69, 9.17) is 4.74 Å². The predicted molar refractivity (Wildman–Crippen MR) is 76.3 cm³/mol. The third-order valence-corrected chi connectivity index (χ3v) is 3.51. The lowest BCUT2D eigenvalue weighted by Crippen LogP contribution is -2.40. The van der Waals surface area contributed by atoms with Gasteiger partial charge in [-0.2, -0.15) is 5.10 Å². The minimum Gasteiger partial charge on any atom is -0.379 e. The molecule has 5 heteroatoms. The van der Waals surface area contributed by atoms with Gasteiger partial charge < -0.3 is 10.1 Å². The lowest BCUT2D eigenvalue weighted by molar-refractivity contribution is 0.0384. The summed E-state index contributed by atoms with van der Waals surface area (Å²) in [5.74, 6) is 0.484. The lowest BCUT2D eigenvalue weighted by atomic mass is 10.1. The van der Waals surface area contributed by atoms with Crippen LogP contribution in [0.25, 0.3) is 0 Å². The van der Waals surface area contributed by atoms with Crippen LogP contribution in [0.5, 0.6) is 0 Å². The molecule has 0 radical (unpaired) electrons. The molecule has 1 fully saturated rings. The monoisotopic (exact) mass is 266 g/mol. The molecule has 0 aromatic carbocycles. The number of ether oxygens (including phenoxy) is 1. The summed E-state index contributed by atoms with van der Waals surface area (Å²) in [5, 5.41) is 8.05. The second-order valence-corrected chi connectivity index (χ2v) is 5.50. The zero-order valence-electron chi connectivity index (χ0n) is 12.4. The Kier molecular flexibility index (Phi) is 5.36. The van der Waals surface area contributed by atoms with Crippen molar-refractivity contribution < 1.29 is 4.74 Å². The quantitative estimate of drug-likeness (QED) is 0.779. The predicted octanol–water partition coefficient (Wildman–Crippen LogP) is 0.965. The van der Waals surface area contributed by atoms with Crippen LogP contribution in [0.15, 0.2) is 6.20 Å². The molecule has 1 N–H and O–H groups in total. The highest BCUT2D eigenvalue weighted by Crippen LogP contribution is 2.16. The molecule has 0 saturated carbocycles. The number of nitrogens with zero attached hydrogens (tertiary/aromatic N) is 3. The van der Waals surface area contributed by atoms with Crippen LogP contribution < -0.4 is 5.32 Å². The van der Waals surface area contributed by atoms with Crippen molar-refractivity contribution >= 4 is 0 Å². The maximum atomic E-state index is 5.35. The number of rotatable bonds is 6. The summed E-state index contributed by atoms with van der Waals surface area (Å²) in [6.45, 7) is 11.3. The average Bonchev–Trinajstić information content (AvgIpc) is 2.77. The third kappa shape index (κ3) is 4.30. The first-order valence-corrected chi connectivity index (χ1v) is 7.20. The van der Waals surface area contributed by atoms with E-state index in [-0.39, 0.29) is 0 Å². The van der Waals surface area contributed by atoms with Crippen molar-refractivity contribution in [3.05, 3.63) is 17.5 Å². The molecule has 1 saturated heterocycles. The normalized spacial score (nSPS) is 17.3. The fraction of sp³-hybridized carbons (Fsp3) is 0.786. The van der Waals surface area contributed by atoms with Gasteiger partial charge in [-0.05, 0) is 5.92 Å². The SMILES string of the molecule is CC(C)c1nn(C)cc1CNCCN1CCOCC1.